The molecule has 0 saturated carbocycles. The zero-order valence-electron chi connectivity index (χ0n) is 9.13. The van der Waals surface area contributed by atoms with Gasteiger partial charge < -0.3 is 5.32 Å². The minimum Gasteiger partial charge on any atom is -0.314 e. The van der Waals surface area contributed by atoms with Crippen LogP contribution in [0.5, 0.6) is 0 Å². The molecule has 1 aliphatic heterocycles. The number of rotatable bonds is 3. The van der Waals surface area contributed by atoms with E-state index in [2.05, 4.69) is 26.1 Å². The lowest BCUT2D eigenvalue weighted by Crippen LogP contribution is -2.45. The van der Waals surface area contributed by atoms with Gasteiger partial charge in [0.2, 0.25) is 0 Å². The predicted octanol–water partition coefficient (Wildman–Crippen LogP) is 2.36. The molecule has 0 unspecified atom stereocenters. The fraction of sp³-hybridized carbons (Fsp3) is 0.500. The highest BCUT2D eigenvalue weighted by Crippen LogP contribution is 2.24. The van der Waals surface area contributed by atoms with Crippen molar-refractivity contribution in [2.45, 2.75) is 6.04 Å². The van der Waals surface area contributed by atoms with Crippen LogP contribution in [0.1, 0.15) is 11.6 Å². The molecule has 2 rings (SSSR count). The smallest absolute Gasteiger partial charge is 0.109 e. The highest BCUT2D eigenvalue weighted by Gasteiger charge is 2.21. The third kappa shape index (κ3) is 2.81. The zero-order valence-corrected chi connectivity index (χ0v) is 10.7. The third-order valence-electron chi connectivity index (χ3n) is 2.97. The Labute approximate surface area is 104 Å². The number of hydrogen-bond donors (Lipinski definition) is 1. The molecule has 0 bridgehead atoms. The Hall–Kier alpha value is -0.450. The third-order valence-corrected chi connectivity index (χ3v) is 3.47. The molecule has 0 radical (unpaired) electrons. The van der Waals surface area contributed by atoms with Gasteiger partial charge in [-0.1, -0.05) is 28.1 Å². The van der Waals surface area contributed by atoms with E-state index in [0.29, 0.717) is 0 Å². The summed E-state index contributed by atoms with van der Waals surface area (Å²) in [4.78, 5) is 2.21. The Morgan fingerprint density at radius 2 is 2.12 bits per heavy atom. The summed E-state index contributed by atoms with van der Waals surface area (Å²) < 4.78 is 14.2. The minimum absolute atomic E-state index is 0.0976. The topological polar surface area (TPSA) is 15.3 Å². The van der Waals surface area contributed by atoms with Crippen molar-refractivity contribution in [3.8, 4) is 0 Å². The van der Waals surface area contributed by atoms with Crippen molar-refractivity contribution in [1.29, 1.82) is 0 Å². The lowest BCUT2D eigenvalue weighted by atomic mass is 10.1. The Morgan fingerprint density at radius 1 is 1.38 bits per heavy atom. The first-order valence-corrected chi connectivity index (χ1v) is 6.37. The average Bonchev–Trinajstić information content (AvgIpc) is 2.31. The summed E-state index contributed by atoms with van der Waals surface area (Å²) in [7, 11) is 0. The van der Waals surface area contributed by atoms with Crippen LogP contribution in [0.3, 0.4) is 0 Å². The molecule has 1 aliphatic rings. The SMILES string of the molecule is FC[C@H](c1cccc(Br)c1)N1CCNCC1. The molecule has 0 spiro atoms. The van der Waals surface area contributed by atoms with Crippen LogP contribution in [-0.4, -0.2) is 37.8 Å². The van der Waals surface area contributed by atoms with Crippen LogP contribution in [0.2, 0.25) is 0 Å². The Balaban J connectivity index is 2.14. The van der Waals surface area contributed by atoms with Crippen molar-refractivity contribution in [3.63, 3.8) is 0 Å². The van der Waals surface area contributed by atoms with Gasteiger partial charge >= 0.3 is 0 Å². The number of hydrogen-bond acceptors (Lipinski definition) is 2. The lowest BCUT2D eigenvalue weighted by Gasteiger charge is -2.33. The van der Waals surface area contributed by atoms with Gasteiger partial charge in [-0.2, -0.15) is 0 Å². The number of benzene rings is 1. The molecule has 1 saturated heterocycles. The zero-order chi connectivity index (χ0) is 11.4. The van der Waals surface area contributed by atoms with Gasteiger partial charge in [0, 0.05) is 30.7 Å². The molecule has 4 heteroatoms. The summed E-state index contributed by atoms with van der Waals surface area (Å²) in [5.41, 5.74) is 1.05. The first kappa shape index (κ1) is 12.0. The van der Waals surface area contributed by atoms with E-state index in [4.69, 9.17) is 0 Å². The fourth-order valence-electron chi connectivity index (χ4n) is 2.11. The van der Waals surface area contributed by atoms with Crippen molar-refractivity contribution in [2.24, 2.45) is 0 Å². The molecule has 0 aliphatic carbocycles. The summed E-state index contributed by atoms with van der Waals surface area (Å²) in [5.74, 6) is 0. The molecule has 0 amide bonds. The van der Waals surface area contributed by atoms with Crippen LogP contribution < -0.4 is 5.32 Å². The first-order valence-electron chi connectivity index (χ1n) is 5.57. The molecule has 0 aromatic heterocycles. The second-order valence-electron chi connectivity index (χ2n) is 4.01. The molecular weight excluding hydrogens is 271 g/mol. The molecule has 1 atom stereocenters. The maximum absolute atomic E-state index is 13.2. The molecule has 1 aromatic carbocycles. The van der Waals surface area contributed by atoms with Crippen LogP contribution in [0.15, 0.2) is 28.7 Å². The number of halogens is 2. The van der Waals surface area contributed by atoms with Gasteiger partial charge in [0.25, 0.3) is 0 Å². The van der Waals surface area contributed by atoms with Gasteiger partial charge in [0.15, 0.2) is 0 Å². The van der Waals surface area contributed by atoms with E-state index in [9.17, 15) is 4.39 Å². The van der Waals surface area contributed by atoms with Crippen LogP contribution >= 0.6 is 15.9 Å². The molecule has 1 aromatic rings. The maximum atomic E-state index is 13.2. The fourth-order valence-corrected chi connectivity index (χ4v) is 2.52. The number of nitrogens with one attached hydrogen (secondary N) is 1. The molecule has 16 heavy (non-hydrogen) atoms. The number of nitrogens with zero attached hydrogens (tertiary/aromatic N) is 1. The van der Waals surface area contributed by atoms with E-state index in [1.165, 1.54) is 0 Å². The van der Waals surface area contributed by atoms with Crippen molar-refractivity contribution in [2.75, 3.05) is 32.9 Å². The molecule has 88 valence electrons. The molecular formula is C12H16BrFN2. The van der Waals surface area contributed by atoms with E-state index >= 15 is 0 Å². The monoisotopic (exact) mass is 286 g/mol. The summed E-state index contributed by atoms with van der Waals surface area (Å²) in [5, 5.41) is 3.28. The Kier molecular flexibility index (Phi) is 4.32. The quantitative estimate of drug-likeness (QED) is 0.918. The number of alkyl halides is 1. The van der Waals surface area contributed by atoms with E-state index in [1.54, 1.807) is 0 Å². The van der Waals surface area contributed by atoms with Crippen molar-refractivity contribution in [1.82, 2.24) is 10.2 Å². The van der Waals surface area contributed by atoms with Crippen molar-refractivity contribution in [3.05, 3.63) is 34.3 Å². The van der Waals surface area contributed by atoms with Crippen molar-refractivity contribution >= 4 is 15.9 Å². The molecule has 2 nitrogen and oxygen atoms in total. The van der Waals surface area contributed by atoms with Crippen LogP contribution in [-0.2, 0) is 0 Å². The molecule has 1 N–H and O–H groups in total. The van der Waals surface area contributed by atoms with Gasteiger partial charge in [0.1, 0.15) is 6.67 Å². The second kappa shape index (κ2) is 5.75. The maximum Gasteiger partial charge on any atom is 0.109 e. The Bertz CT molecular complexity index is 340. The van der Waals surface area contributed by atoms with Crippen LogP contribution in [0.25, 0.3) is 0 Å². The largest absolute Gasteiger partial charge is 0.314 e. The summed E-state index contributed by atoms with van der Waals surface area (Å²) in [6.45, 7) is 3.41. The second-order valence-corrected chi connectivity index (χ2v) is 4.93. The van der Waals surface area contributed by atoms with E-state index < -0.39 is 0 Å². The van der Waals surface area contributed by atoms with Gasteiger partial charge in [-0.05, 0) is 17.7 Å². The normalized spacial score (nSPS) is 19.6. The average molecular weight is 287 g/mol. The highest BCUT2D eigenvalue weighted by molar-refractivity contribution is 9.10. The van der Waals surface area contributed by atoms with Crippen molar-refractivity contribution < 1.29 is 4.39 Å². The van der Waals surface area contributed by atoms with E-state index in [0.717, 1.165) is 36.2 Å². The molecule has 1 heterocycles. The standard InChI is InChI=1S/C12H16BrFN2/c13-11-3-1-2-10(8-11)12(9-14)16-6-4-15-5-7-16/h1-3,8,12,15H,4-7,9H2/t12-/m1/s1. The summed E-state index contributed by atoms with van der Waals surface area (Å²) in [6.07, 6.45) is 0. The highest BCUT2D eigenvalue weighted by atomic mass is 79.9. The minimum atomic E-state index is -0.323. The summed E-state index contributed by atoms with van der Waals surface area (Å²) >= 11 is 3.43. The van der Waals surface area contributed by atoms with Gasteiger partial charge in [-0.3, -0.25) is 4.90 Å². The van der Waals surface area contributed by atoms with E-state index in [-0.39, 0.29) is 12.7 Å². The molecule has 1 fully saturated rings. The van der Waals surface area contributed by atoms with Gasteiger partial charge in [-0.15, -0.1) is 0 Å². The predicted molar refractivity (Wildman–Crippen MR) is 67.3 cm³/mol. The number of piperazine rings is 1. The van der Waals surface area contributed by atoms with E-state index in [1.807, 2.05) is 24.3 Å². The van der Waals surface area contributed by atoms with Gasteiger partial charge in [0.05, 0.1) is 6.04 Å². The van der Waals surface area contributed by atoms with Crippen LogP contribution in [0.4, 0.5) is 4.39 Å². The van der Waals surface area contributed by atoms with Crippen LogP contribution in [0, 0.1) is 0 Å². The lowest BCUT2D eigenvalue weighted by molar-refractivity contribution is 0.147. The first-order chi connectivity index (χ1) is 7.81. The van der Waals surface area contributed by atoms with Gasteiger partial charge in [-0.25, -0.2) is 4.39 Å². The summed E-state index contributed by atoms with van der Waals surface area (Å²) in [6, 6.07) is 7.84. The Morgan fingerprint density at radius 3 is 2.75 bits per heavy atom.